The minimum absolute atomic E-state index is 0.121. The number of fused-ring (bicyclic) bond motifs is 5. The molecule has 0 amide bonds. The Bertz CT molecular complexity index is 271. The summed E-state index contributed by atoms with van der Waals surface area (Å²) in [6.45, 7) is 0. The molecule has 1 saturated carbocycles. The van der Waals surface area contributed by atoms with Crippen molar-refractivity contribution in [1.29, 1.82) is 0 Å². The fourth-order valence-corrected chi connectivity index (χ4v) is 2.87. The zero-order valence-electron chi connectivity index (χ0n) is 6.79. The highest BCUT2D eigenvalue weighted by atomic mass is 19.4. The molecule has 0 spiro atoms. The summed E-state index contributed by atoms with van der Waals surface area (Å²) < 4.78 is 41.8. The number of hydrogen-bond donors (Lipinski definition) is 0. The number of halogens is 3. The lowest BCUT2D eigenvalue weighted by Crippen LogP contribution is -2.57. The summed E-state index contributed by atoms with van der Waals surface area (Å²) >= 11 is 0. The molecule has 13 heavy (non-hydrogen) atoms. The molecule has 0 aromatic rings. The van der Waals surface area contributed by atoms with Crippen molar-refractivity contribution in [3.8, 4) is 0 Å². The van der Waals surface area contributed by atoms with Crippen LogP contribution in [-0.4, -0.2) is 18.4 Å². The number of hydrogen-bond acceptors (Lipinski definition) is 1. The molecule has 2 fully saturated rings. The number of alkyl halides is 3. The second kappa shape index (κ2) is 2.11. The molecule has 1 heterocycles. The van der Waals surface area contributed by atoms with Gasteiger partial charge in [0.05, 0.1) is 6.10 Å². The van der Waals surface area contributed by atoms with E-state index in [-0.39, 0.29) is 23.9 Å². The van der Waals surface area contributed by atoms with Crippen LogP contribution in [0.5, 0.6) is 0 Å². The smallest absolute Gasteiger partial charge is 0.364 e. The van der Waals surface area contributed by atoms with Crippen LogP contribution in [0.15, 0.2) is 12.2 Å². The van der Waals surface area contributed by atoms with Crippen LogP contribution >= 0.6 is 0 Å². The Labute approximate surface area is 73.6 Å². The van der Waals surface area contributed by atoms with Gasteiger partial charge in [0.25, 0.3) is 0 Å². The van der Waals surface area contributed by atoms with Crippen LogP contribution < -0.4 is 0 Å². The molecular weight excluding hydrogens is 181 g/mol. The average Bonchev–Trinajstić information content (AvgIpc) is 2.37. The van der Waals surface area contributed by atoms with Crippen molar-refractivity contribution >= 4 is 0 Å². The third-order valence-corrected chi connectivity index (χ3v) is 3.42. The topological polar surface area (TPSA) is 9.23 Å². The molecule has 0 aromatic heterocycles. The Hall–Kier alpha value is -0.510. The lowest BCUT2D eigenvalue weighted by atomic mass is 9.81. The van der Waals surface area contributed by atoms with Gasteiger partial charge < -0.3 is 4.74 Å². The zero-order valence-corrected chi connectivity index (χ0v) is 6.79. The SMILES string of the molecule is FC(F)(F)C1OC2C1[C@H]1C=C[C@@H]2C1. The van der Waals surface area contributed by atoms with E-state index in [0.29, 0.717) is 0 Å². The summed E-state index contributed by atoms with van der Waals surface area (Å²) in [5.41, 5.74) is 0. The van der Waals surface area contributed by atoms with Gasteiger partial charge in [0.15, 0.2) is 6.10 Å². The number of rotatable bonds is 0. The van der Waals surface area contributed by atoms with E-state index in [0.717, 1.165) is 6.42 Å². The molecule has 0 aromatic carbocycles. The summed E-state index contributed by atoms with van der Waals surface area (Å²) in [6.07, 6.45) is -1.01. The molecule has 3 aliphatic rings. The largest absolute Gasteiger partial charge is 0.415 e. The first kappa shape index (κ1) is 7.85. The Kier molecular flexibility index (Phi) is 1.27. The molecule has 72 valence electrons. The van der Waals surface area contributed by atoms with Gasteiger partial charge in [-0.15, -0.1) is 0 Å². The Morgan fingerprint density at radius 3 is 2.46 bits per heavy atom. The number of ether oxygens (including phenoxy) is 1. The van der Waals surface area contributed by atoms with Crippen LogP contribution in [0.2, 0.25) is 0 Å². The van der Waals surface area contributed by atoms with Crippen molar-refractivity contribution in [2.75, 3.05) is 0 Å². The van der Waals surface area contributed by atoms with Crippen molar-refractivity contribution in [3.05, 3.63) is 12.2 Å². The van der Waals surface area contributed by atoms with E-state index >= 15 is 0 Å². The highest BCUT2D eigenvalue weighted by Crippen LogP contribution is 2.56. The Morgan fingerprint density at radius 1 is 1.15 bits per heavy atom. The van der Waals surface area contributed by atoms with Gasteiger partial charge in [0.2, 0.25) is 0 Å². The lowest BCUT2D eigenvalue weighted by molar-refractivity contribution is -0.319. The summed E-state index contributed by atoms with van der Waals surface area (Å²) in [6, 6.07) is 0. The van der Waals surface area contributed by atoms with Crippen molar-refractivity contribution in [3.63, 3.8) is 0 Å². The normalized spacial score (nSPS) is 52.1. The maximum Gasteiger partial charge on any atom is 0.415 e. The predicted octanol–water partition coefficient (Wildman–Crippen LogP) is 2.14. The molecule has 5 atom stereocenters. The van der Waals surface area contributed by atoms with E-state index in [2.05, 4.69) is 0 Å². The van der Waals surface area contributed by atoms with Crippen molar-refractivity contribution in [2.45, 2.75) is 24.8 Å². The molecule has 2 bridgehead atoms. The van der Waals surface area contributed by atoms with Gasteiger partial charge in [0, 0.05) is 11.8 Å². The van der Waals surface area contributed by atoms with E-state index in [1.54, 1.807) is 0 Å². The molecule has 1 nitrogen and oxygen atoms in total. The summed E-state index contributed by atoms with van der Waals surface area (Å²) in [5.74, 6) is 0.0963. The second-order valence-electron chi connectivity index (χ2n) is 4.09. The molecule has 1 aliphatic heterocycles. The fraction of sp³-hybridized carbons (Fsp3) is 0.778. The van der Waals surface area contributed by atoms with Gasteiger partial charge in [-0.2, -0.15) is 13.2 Å². The Morgan fingerprint density at radius 2 is 1.85 bits per heavy atom. The quantitative estimate of drug-likeness (QED) is 0.532. The van der Waals surface area contributed by atoms with Crippen LogP contribution in [0.4, 0.5) is 13.2 Å². The lowest BCUT2D eigenvalue weighted by Gasteiger charge is -2.46. The maximum atomic E-state index is 12.3. The molecule has 0 radical (unpaired) electrons. The molecular formula is C9H9F3O. The van der Waals surface area contributed by atoms with Crippen molar-refractivity contribution in [1.82, 2.24) is 0 Å². The van der Waals surface area contributed by atoms with E-state index < -0.39 is 12.3 Å². The molecule has 2 aliphatic carbocycles. The summed E-state index contributed by atoms with van der Waals surface area (Å²) in [7, 11) is 0. The van der Waals surface area contributed by atoms with Gasteiger partial charge in [0.1, 0.15) is 0 Å². The average molecular weight is 190 g/mol. The fourth-order valence-electron chi connectivity index (χ4n) is 2.87. The van der Waals surface area contributed by atoms with E-state index in [9.17, 15) is 13.2 Å². The third-order valence-electron chi connectivity index (χ3n) is 3.42. The second-order valence-corrected chi connectivity index (χ2v) is 4.09. The third kappa shape index (κ3) is 0.870. The minimum Gasteiger partial charge on any atom is -0.364 e. The van der Waals surface area contributed by atoms with E-state index in [1.165, 1.54) is 0 Å². The monoisotopic (exact) mass is 190 g/mol. The van der Waals surface area contributed by atoms with Crippen LogP contribution in [0, 0.1) is 17.8 Å². The summed E-state index contributed by atoms with van der Waals surface area (Å²) in [5, 5.41) is 0. The molecule has 3 unspecified atom stereocenters. The maximum absolute atomic E-state index is 12.3. The van der Waals surface area contributed by atoms with E-state index in [4.69, 9.17) is 4.74 Å². The van der Waals surface area contributed by atoms with Gasteiger partial charge >= 0.3 is 6.18 Å². The minimum atomic E-state index is -4.17. The molecule has 3 rings (SSSR count). The molecule has 4 heteroatoms. The van der Waals surface area contributed by atoms with Crippen LogP contribution in [0.1, 0.15) is 6.42 Å². The van der Waals surface area contributed by atoms with Gasteiger partial charge in [-0.25, -0.2) is 0 Å². The van der Waals surface area contributed by atoms with E-state index in [1.807, 2.05) is 12.2 Å². The highest BCUT2D eigenvalue weighted by molar-refractivity contribution is 5.20. The standard InChI is InChI=1S/C9H9F3O/c10-9(11,12)8-6-4-1-2-5(3-4)7(6)13-8/h1-2,4-8H,3H2/t4-,5+,6?,7?,8?/m0/s1. The van der Waals surface area contributed by atoms with Crippen molar-refractivity contribution in [2.24, 2.45) is 17.8 Å². The first-order chi connectivity index (χ1) is 6.07. The molecule has 0 N–H and O–H groups in total. The van der Waals surface area contributed by atoms with Gasteiger partial charge in [-0.05, 0) is 12.3 Å². The Balaban J connectivity index is 1.83. The first-order valence-electron chi connectivity index (χ1n) is 4.48. The van der Waals surface area contributed by atoms with Crippen molar-refractivity contribution < 1.29 is 17.9 Å². The first-order valence-corrected chi connectivity index (χ1v) is 4.48. The highest BCUT2D eigenvalue weighted by Gasteiger charge is 2.64. The summed E-state index contributed by atoms with van der Waals surface area (Å²) in [4.78, 5) is 0. The van der Waals surface area contributed by atoms with Crippen LogP contribution in [-0.2, 0) is 4.74 Å². The van der Waals surface area contributed by atoms with Crippen LogP contribution in [0.3, 0.4) is 0 Å². The molecule has 1 saturated heterocycles. The number of allylic oxidation sites excluding steroid dienone is 1. The van der Waals surface area contributed by atoms with Gasteiger partial charge in [-0.3, -0.25) is 0 Å². The predicted molar refractivity (Wildman–Crippen MR) is 38.9 cm³/mol. The van der Waals surface area contributed by atoms with Gasteiger partial charge in [-0.1, -0.05) is 12.2 Å². The van der Waals surface area contributed by atoms with Crippen LogP contribution in [0.25, 0.3) is 0 Å². The zero-order chi connectivity index (χ0) is 9.22.